The average Bonchev–Trinajstić information content (AvgIpc) is 2.34. The van der Waals surface area contributed by atoms with E-state index in [0.29, 0.717) is 0 Å². The van der Waals surface area contributed by atoms with Gasteiger partial charge in [-0.2, -0.15) is 0 Å². The molecule has 1 atom stereocenters. The van der Waals surface area contributed by atoms with Crippen LogP contribution in [-0.4, -0.2) is 6.04 Å². The summed E-state index contributed by atoms with van der Waals surface area (Å²) in [5.41, 5.74) is 6.54. The van der Waals surface area contributed by atoms with E-state index in [2.05, 4.69) is 0 Å². The number of furan rings is 1. The van der Waals surface area contributed by atoms with E-state index in [9.17, 15) is 0 Å². The molecule has 54 valence electrons. The summed E-state index contributed by atoms with van der Waals surface area (Å²) < 4.78 is 4.85. The molecule has 0 radical (unpaired) electrons. The maximum Gasteiger partial charge on any atom is 0.0974 e. The van der Waals surface area contributed by atoms with Gasteiger partial charge in [0.1, 0.15) is 0 Å². The number of hydrogen-bond donors (Lipinski definition) is 1. The lowest BCUT2D eigenvalue weighted by atomic mass is 10.2. The molecule has 1 unspecified atom stereocenters. The fourth-order valence-electron chi connectivity index (χ4n) is 0.633. The Kier molecular flexibility index (Phi) is 2.29. The SMILES string of the molecule is CC(N)/C=C/c1ccoc1. The highest BCUT2D eigenvalue weighted by Crippen LogP contribution is 2.02. The van der Waals surface area contributed by atoms with Crippen LogP contribution in [0, 0.1) is 0 Å². The second kappa shape index (κ2) is 3.22. The highest BCUT2D eigenvalue weighted by atomic mass is 16.3. The highest BCUT2D eigenvalue weighted by molar-refractivity contribution is 5.47. The topological polar surface area (TPSA) is 39.2 Å². The predicted molar refractivity (Wildman–Crippen MR) is 41.4 cm³/mol. The smallest absolute Gasteiger partial charge is 0.0974 e. The van der Waals surface area contributed by atoms with Crippen molar-refractivity contribution in [2.75, 3.05) is 0 Å². The van der Waals surface area contributed by atoms with E-state index in [1.54, 1.807) is 12.5 Å². The minimum absolute atomic E-state index is 0.106. The van der Waals surface area contributed by atoms with Gasteiger partial charge in [0, 0.05) is 11.6 Å². The van der Waals surface area contributed by atoms with Gasteiger partial charge in [-0.25, -0.2) is 0 Å². The van der Waals surface area contributed by atoms with E-state index >= 15 is 0 Å². The monoisotopic (exact) mass is 137 g/mol. The quantitative estimate of drug-likeness (QED) is 0.673. The van der Waals surface area contributed by atoms with Gasteiger partial charge in [-0.15, -0.1) is 0 Å². The summed E-state index contributed by atoms with van der Waals surface area (Å²) in [7, 11) is 0. The lowest BCUT2D eigenvalue weighted by molar-refractivity contribution is 0.567. The molecule has 0 aromatic carbocycles. The van der Waals surface area contributed by atoms with E-state index in [0.717, 1.165) is 5.56 Å². The van der Waals surface area contributed by atoms with Gasteiger partial charge in [-0.05, 0) is 13.0 Å². The van der Waals surface area contributed by atoms with E-state index in [-0.39, 0.29) is 6.04 Å². The molecule has 1 rings (SSSR count). The molecule has 1 aromatic heterocycles. The second-order valence-corrected chi connectivity index (χ2v) is 2.27. The van der Waals surface area contributed by atoms with Crippen LogP contribution in [0.4, 0.5) is 0 Å². The molecule has 0 fully saturated rings. The molecule has 0 bridgehead atoms. The third-order valence-corrected chi connectivity index (χ3v) is 1.14. The van der Waals surface area contributed by atoms with Gasteiger partial charge in [0.05, 0.1) is 12.5 Å². The van der Waals surface area contributed by atoms with E-state index < -0.39 is 0 Å². The van der Waals surface area contributed by atoms with Gasteiger partial charge in [0.2, 0.25) is 0 Å². The summed E-state index contributed by atoms with van der Waals surface area (Å²) in [5.74, 6) is 0. The first-order valence-corrected chi connectivity index (χ1v) is 3.25. The van der Waals surface area contributed by atoms with Crippen LogP contribution in [-0.2, 0) is 0 Å². The molecule has 1 heterocycles. The van der Waals surface area contributed by atoms with Gasteiger partial charge in [0.15, 0.2) is 0 Å². The zero-order valence-corrected chi connectivity index (χ0v) is 5.95. The van der Waals surface area contributed by atoms with Gasteiger partial charge in [-0.1, -0.05) is 12.2 Å². The minimum atomic E-state index is 0.106. The molecule has 0 saturated heterocycles. The minimum Gasteiger partial charge on any atom is -0.472 e. The Balaban J connectivity index is 2.55. The Hall–Kier alpha value is -1.02. The van der Waals surface area contributed by atoms with Crippen LogP contribution in [0.15, 0.2) is 29.1 Å². The van der Waals surface area contributed by atoms with E-state index in [1.165, 1.54) is 0 Å². The maximum absolute atomic E-state index is 5.49. The predicted octanol–water partition coefficient (Wildman–Crippen LogP) is 1.64. The van der Waals surface area contributed by atoms with Crippen molar-refractivity contribution in [1.29, 1.82) is 0 Å². The first-order valence-electron chi connectivity index (χ1n) is 3.25. The molecule has 0 saturated carbocycles. The Morgan fingerprint density at radius 2 is 2.50 bits per heavy atom. The van der Waals surface area contributed by atoms with Crippen molar-refractivity contribution in [2.45, 2.75) is 13.0 Å². The first-order chi connectivity index (χ1) is 4.79. The van der Waals surface area contributed by atoms with E-state index in [1.807, 2.05) is 25.1 Å². The van der Waals surface area contributed by atoms with E-state index in [4.69, 9.17) is 10.2 Å². The van der Waals surface area contributed by atoms with Crippen LogP contribution in [0.2, 0.25) is 0 Å². The standard InChI is InChI=1S/C8H11NO/c1-7(9)2-3-8-4-5-10-6-8/h2-7H,9H2,1H3/b3-2+. The van der Waals surface area contributed by atoms with Gasteiger partial charge in [0.25, 0.3) is 0 Å². The third-order valence-electron chi connectivity index (χ3n) is 1.14. The molecule has 0 aliphatic rings. The second-order valence-electron chi connectivity index (χ2n) is 2.27. The molecular formula is C8H11NO. The molecule has 1 aromatic rings. The average molecular weight is 137 g/mol. The summed E-state index contributed by atoms with van der Waals surface area (Å²) >= 11 is 0. The van der Waals surface area contributed by atoms with Crippen molar-refractivity contribution < 1.29 is 4.42 Å². The van der Waals surface area contributed by atoms with Crippen molar-refractivity contribution in [3.05, 3.63) is 30.2 Å². The van der Waals surface area contributed by atoms with Gasteiger partial charge < -0.3 is 10.2 Å². The highest BCUT2D eigenvalue weighted by Gasteiger charge is 1.87. The Bertz CT molecular complexity index is 199. The van der Waals surface area contributed by atoms with Crippen molar-refractivity contribution in [1.82, 2.24) is 0 Å². The van der Waals surface area contributed by atoms with Crippen LogP contribution in [0.1, 0.15) is 12.5 Å². The van der Waals surface area contributed by atoms with Crippen molar-refractivity contribution in [3.8, 4) is 0 Å². The lowest BCUT2D eigenvalue weighted by Gasteiger charge is -1.91. The normalized spacial score (nSPS) is 14.2. The summed E-state index contributed by atoms with van der Waals surface area (Å²) in [6, 6.07) is 1.99. The molecule has 2 nitrogen and oxygen atoms in total. The van der Waals surface area contributed by atoms with Gasteiger partial charge >= 0.3 is 0 Å². The first kappa shape index (κ1) is 7.09. The Morgan fingerprint density at radius 3 is 3.00 bits per heavy atom. The summed E-state index contributed by atoms with van der Waals surface area (Å²) in [6.45, 7) is 1.93. The van der Waals surface area contributed by atoms with Crippen LogP contribution in [0.3, 0.4) is 0 Å². The zero-order valence-electron chi connectivity index (χ0n) is 5.95. The molecule has 0 aliphatic carbocycles. The molecule has 0 aliphatic heterocycles. The van der Waals surface area contributed by atoms with Crippen LogP contribution >= 0.6 is 0 Å². The summed E-state index contributed by atoms with van der Waals surface area (Å²) in [5, 5.41) is 0. The molecule has 0 spiro atoms. The van der Waals surface area contributed by atoms with Crippen LogP contribution in [0.25, 0.3) is 6.08 Å². The molecule has 2 N–H and O–H groups in total. The molecule has 2 heteroatoms. The Morgan fingerprint density at radius 1 is 1.70 bits per heavy atom. The third kappa shape index (κ3) is 2.07. The van der Waals surface area contributed by atoms with Crippen LogP contribution in [0.5, 0.6) is 0 Å². The molecular weight excluding hydrogens is 126 g/mol. The van der Waals surface area contributed by atoms with Crippen molar-refractivity contribution in [3.63, 3.8) is 0 Å². The molecule has 0 amide bonds. The van der Waals surface area contributed by atoms with Crippen molar-refractivity contribution >= 4 is 6.08 Å². The number of nitrogens with two attached hydrogens (primary N) is 1. The van der Waals surface area contributed by atoms with Crippen LogP contribution < -0.4 is 5.73 Å². The Labute approximate surface area is 60.3 Å². The van der Waals surface area contributed by atoms with Crippen molar-refractivity contribution in [2.24, 2.45) is 5.73 Å². The zero-order chi connectivity index (χ0) is 7.40. The largest absolute Gasteiger partial charge is 0.472 e. The maximum atomic E-state index is 5.49. The summed E-state index contributed by atoms with van der Waals surface area (Å²) in [6.07, 6.45) is 7.18. The fourth-order valence-corrected chi connectivity index (χ4v) is 0.633. The number of hydrogen-bond acceptors (Lipinski definition) is 2. The number of rotatable bonds is 2. The summed E-state index contributed by atoms with van der Waals surface area (Å²) in [4.78, 5) is 0. The lowest BCUT2D eigenvalue weighted by Crippen LogP contribution is -2.09. The molecule has 10 heavy (non-hydrogen) atoms. The van der Waals surface area contributed by atoms with Gasteiger partial charge in [-0.3, -0.25) is 0 Å². The fraction of sp³-hybridized carbons (Fsp3) is 0.250.